The maximum Gasteiger partial charge on any atom is 0.138 e. The molecule has 0 fully saturated rings. The van der Waals surface area contributed by atoms with E-state index < -0.39 is 5.54 Å². The predicted molar refractivity (Wildman–Crippen MR) is 71.4 cm³/mol. The van der Waals surface area contributed by atoms with Crippen molar-refractivity contribution in [2.75, 3.05) is 0 Å². The lowest BCUT2D eigenvalue weighted by Crippen LogP contribution is -2.32. The standard InChI is InChI=1S/C12H13Cl2N3/c1-3-12(2,15)9-6-17-11(14)8-5-16-10(13)4-7(8)9/h4-6H,3,15H2,1-2H3/t12-/m1/s1. The van der Waals surface area contributed by atoms with Crippen LogP contribution in [0.2, 0.25) is 10.3 Å². The molecule has 2 N–H and O–H groups in total. The predicted octanol–water partition coefficient (Wildman–Crippen LogP) is 3.52. The Balaban J connectivity index is 2.81. The van der Waals surface area contributed by atoms with E-state index in [2.05, 4.69) is 9.97 Å². The molecular weight excluding hydrogens is 257 g/mol. The van der Waals surface area contributed by atoms with Gasteiger partial charge in [0.1, 0.15) is 10.3 Å². The summed E-state index contributed by atoms with van der Waals surface area (Å²) in [6.07, 6.45) is 4.14. The summed E-state index contributed by atoms with van der Waals surface area (Å²) < 4.78 is 0. The van der Waals surface area contributed by atoms with Crippen molar-refractivity contribution in [2.24, 2.45) is 5.73 Å². The van der Waals surface area contributed by atoms with Crippen LogP contribution in [0.5, 0.6) is 0 Å². The first-order valence-corrected chi connectivity index (χ1v) is 6.10. The fraction of sp³-hybridized carbons (Fsp3) is 0.333. The molecule has 0 aliphatic carbocycles. The van der Waals surface area contributed by atoms with Crippen LogP contribution in [0.4, 0.5) is 0 Å². The lowest BCUT2D eigenvalue weighted by Gasteiger charge is -2.24. The van der Waals surface area contributed by atoms with E-state index in [1.54, 1.807) is 18.5 Å². The number of halogens is 2. The molecule has 2 heterocycles. The second-order valence-electron chi connectivity index (χ2n) is 4.29. The number of fused-ring (bicyclic) bond motifs is 1. The number of nitrogens with two attached hydrogens (primary N) is 1. The van der Waals surface area contributed by atoms with Crippen LogP contribution in [-0.2, 0) is 5.54 Å². The Labute approximate surface area is 110 Å². The van der Waals surface area contributed by atoms with Crippen LogP contribution < -0.4 is 5.73 Å². The molecule has 2 aromatic rings. The van der Waals surface area contributed by atoms with Crippen LogP contribution >= 0.6 is 23.2 Å². The van der Waals surface area contributed by atoms with Crippen LogP contribution in [-0.4, -0.2) is 9.97 Å². The fourth-order valence-corrected chi connectivity index (χ4v) is 2.08. The van der Waals surface area contributed by atoms with Gasteiger partial charge in [-0.1, -0.05) is 30.1 Å². The molecule has 0 aromatic carbocycles. The SMILES string of the molecule is CC[C@@](C)(N)c1cnc(Cl)c2cnc(Cl)cc12. The van der Waals surface area contributed by atoms with E-state index in [0.717, 1.165) is 22.8 Å². The maximum atomic E-state index is 6.26. The molecule has 1 atom stereocenters. The number of rotatable bonds is 2. The topological polar surface area (TPSA) is 51.8 Å². The molecule has 0 aliphatic rings. The van der Waals surface area contributed by atoms with Crippen molar-refractivity contribution >= 4 is 34.0 Å². The van der Waals surface area contributed by atoms with Gasteiger partial charge in [0.05, 0.1) is 0 Å². The molecule has 2 rings (SSSR count). The van der Waals surface area contributed by atoms with Crippen LogP contribution in [0.1, 0.15) is 25.8 Å². The Morgan fingerprint density at radius 3 is 2.59 bits per heavy atom. The second-order valence-corrected chi connectivity index (χ2v) is 5.03. The first kappa shape index (κ1) is 12.6. The van der Waals surface area contributed by atoms with Gasteiger partial charge >= 0.3 is 0 Å². The smallest absolute Gasteiger partial charge is 0.138 e. The van der Waals surface area contributed by atoms with Gasteiger partial charge in [-0.05, 0) is 30.4 Å². The van der Waals surface area contributed by atoms with E-state index >= 15 is 0 Å². The van der Waals surface area contributed by atoms with Crippen LogP contribution in [0.3, 0.4) is 0 Å². The van der Waals surface area contributed by atoms with Crippen molar-refractivity contribution in [3.8, 4) is 0 Å². The first-order chi connectivity index (χ1) is 7.95. The molecule has 90 valence electrons. The molecule has 0 spiro atoms. The largest absolute Gasteiger partial charge is 0.322 e. The molecule has 5 heteroatoms. The van der Waals surface area contributed by atoms with Crippen molar-refractivity contribution in [1.82, 2.24) is 9.97 Å². The number of nitrogens with zero attached hydrogens (tertiary/aromatic N) is 2. The molecule has 0 saturated heterocycles. The summed E-state index contributed by atoms with van der Waals surface area (Å²) in [5, 5.41) is 2.53. The minimum atomic E-state index is -0.458. The lowest BCUT2D eigenvalue weighted by atomic mass is 9.89. The van der Waals surface area contributed by atoms with Gasteiger partial charge in [0.2, 0.25) is 0 Å². The highest BCUT2D eigenvalue weighted by Gasteiger charge is 2.22. The summed E-state index contributed by atoms with van der Waals surface area (Å²) in [6.45, 7) is 3.99. The van der Waals surface area contributed by atoms with Gasteiger partial charge in [-0.15, -0.1) is 0 Å². The summed E-state index contributed by atoms with van der Waals surface area (Å²) in [7, 11) is 0. The summed E-state index contributed by atoms with van der Waals surface area (Å²) in [6, 6.07) is 1.78. The maximum absolute atomic E-state index is 6.26. The molecule has 0 saturated carbocycles. The van der Waals surface area contributed by atoms with Crippen LogP contribution in [0.25, 0.3) is 10.8 Å². The summed E-state index contributed by atoms with van der Waals surface area (Å²) >= 11 is 12.0. The van der Waals surface area contributed by atoms with Crippen LogP contribution in [0, 0.1) is 0 Å². The Bertz CT molecular complexity index is 567. The van der Waals surface area contributed by atoms with E-state index in [4.69, 9.17) is 28.9 Å². The Morgan fingerprint density at radius 1 is 1.24 bits per heavy atom. The van der Waals surface area contributed by atoms with E-state index in [9.17, 15) is 0 Å². The third-order valence-electron chi connectivity index (χ3n) is 3.04. The van der Waals surface area contributed by atoms with E-state index in [1.165, 1.54) is 0 Å². The molecule has 0 aliphatic heterocycles. The van der Waals surface area contributed by atoms with Crippen molar-refractivity contribution in [2.45, 2.75) is 25.8 Å². The molecule has 0 amide bonds. The molecular formula is C12H13Cl2N3. The molecule has 0 bridgehead atoms. The van der Waals surface area contributed by atoms with Crippen molar-refractivity contribution < 1.29 is 0 Å². The van der Waals surface area contributed by atoms with Gasteiger partial charge in [0.15, 0.2) is 0 Å². The zero-order valence-electron chi connectivity index (χ0n) is 9.67. The van der Waals surface area contributed by atoms with Crippen molar-refractivity contribution in [1.29, 1.82) is 0 Å². The zero-order chi connectivity index (χ0) is 12.6. The molecule has 0 unspecified atom stereocenters. The summed E-state index contributed by atoms with van der Waals surface area (Å²) in [4.78, 5) is 8.17. The third-order valence-corrected chi connectivity index (χ3v) is 3.55. The Hall–Kier alpha value is -0.900. The zero-order valence-corrected chi connectivity index (χ0v) is 11.2. The van der Waals surface area contributed by atoms with Gasteiger partial charge in [-0.2, -0.15) is 0 Å². The Morgan fingerprint density at radius 2 is 1.94 bits per heavy atom. The fourth-order valence-electron chi connectivity index (χ4n) is 1.72. The Kier molecular flexibility index (Phi) is 3.25. The molecule has 2 aromatic heterocycles. The van der Waals surface area contributed by atoms with Gasteiger partial charge < -0.3 is 5.73 Å². The number of hydrogen-bond donors (Lipinski definition) is 1. The summed E-state index contributed by atoms with van der Waals surface area (Å²) in [5.74, 6) is 0. The third kappa shape index (κ3) is 2.23. The lowest BCUT2D eigenvalue weighted by molar-refractivity contribution is 0.479. The average Bonchev–Trinajstić information content (AvgIpc) is 2.29. The van der Waals surface area contributed by atoms with E-state index in [1.807, 2.05) is 13.8 Å². The van der Waals surface area contributed by atoms with Gasteiger partial charge in [-0.3, -0.25) is 0 Å². The summed E-state index contributed by atoms with van der Waals surface area (Å²) in [5.41, 5.74) is 6.73. The monoisotopic (exact) mass is 269 g/mol. The highest BCUT2D eigenvalue weighted by Crippen LogP contribution is 2.32. The normalized spacial score (nSPS) is 14.9. The minimum absolute atomic E-state index is 0.416. The average molecular weight is 270 g/mol. The number of aromatic nitrogens is 2. The molecule has 3 nitrogen and oxygen atoms in total. The van der Waals surface area contributed by atoms with Crippen LogP contribution in [0.15, 0.2) is 18.5 Å². The number of pyridine rings is 2. The van der Waals surface area contributed by atoms with E-state index in [-0.39, 0.29) is 0 Å². The van der Waals surface area contributed by atoms with Gasteiger partial charge in [-0.25, -0.2) is 9.97 Å². The van der Waals surface area contributed by atoms with Crippen molar-refractivity contribution in [3.63, 3.8) is 0 Å². The quantitative estimate of drug-likeness (QED) is 0.849. The van der Waals surface area contributed by atoms with E-state index in [0.29, 0.717) is 10.3 Å². The minimum Gasteiger partial charge on any atom is -0.322 e. The van der Waals surface area contributed by atoms with Gasteiger partial charge in [0, 0.05) is 23.3 Å². The highest BCUT2D eigenvalue weighted by molar-refractivity contribution is 6.35. The number of hydrogen-bond acceptors (Lipinski definition) is 3. The first-order valence-electron chi connectivity index (χ1n) is 5.35. The molecule has 0 radical (unpaired) electrons. The van der Waals surface area contributed by atoms with Crippen molar-refractivity contribution in [3.05, 3.63) is 34.3 Å². The van der Waals surface area contributed by atoms with Gasteiger partial charge in [0.25, 0.3) is 0 Å². The second kappa shape index (κ2) is 4.41. The molecule has 17 heavy (non-hydrogen) atoms. The highest BCUT2D eigenvalue weighted by atomic mass is 35.5.